The van der Waals surface area contributed by atoms with Crippen LogP contribution in [-0.4, -0.2) is 41.4 Å². The number of rotatable bonds is 8. The Morgan fingerprint density at radius 3 is 2.34 bits per heavy atom. The van der Waals surface area contributed by atoms with Gasteiger partial charge in [0.2, 0.25) is 5.75 Å². The van der Waals surface area contributed by atoms with E-state index in [0.29, 0.717) is 11.3 Å². The molecule has 10 heteroatoms. The van der Waals surface area contributed by atoms with E-state index in [1.54, 1.807) is 19.1 Å². The van der Waals surface area contributed by atoms with Gasteiger partial charge in [0.1, 0.15) is 5.69 Å². The van der Waals surface area contributed by atoms with E-state index in [-0.39, 0.29) is 5.75 Å². The van der Waals surface area contributed by atoms with Crippen LogP contribution in [0.3, 0.4) is 0 Å². The van der Waals surface area contributed by atoms with E-state index in [1.165, 1.54) is 12.1 Å². The van der Waals surface area contributed by atoms with Gasteiger partial charge in [-0.1, -0.05) is 0 Å². The predicted octanol–water partition coefficient (Wildman–Crippen LogP) is 1.98. The Balaban J connectivity index is 1.88. The van der Waals surface area contributed by atoms with Crippen molar-refractivity contribution in [2.75, 3.05) is 24.6 Å². The number of amides is 2. The number of aryl methyl sites for hydroxylation is 1. The highest BCUT2D eigenvalue weighted by atomic mass is 16.6. The van der Waals surface area contributed by atoms with Crippen molar-refractivity contribution in [3.63, 3.8) is 0 Å². The van der Waals surface area contributed by atoms with Gasteiger partial charge in [0, 0.05) is 31.3 Å². The van der Waals surface area contributed by atoms with Crippen LogP contribution in [0.25, 0.3) is 0 Å². The molecule has 0 bridgehead atoms. The maximum absolute atomic E-state index is 12.1. The van der Waals surface area contributed by atoms with Crippen LogP contribution in [0.2, 0.25) is 0 Å². The zero-order valence-corrected chi connectivity index (χ0v) is 16.5. The number of carbonyl (C=O) groups is 2. The Hall–Kier alpha value is -3.69. The second kappa shape index (κ2) is 10.0. The van der Waals surface area contributed by atoms with E-state index in [0.717, 1.165) is 18.8 Å². The van der Waals surface area contributed by atoms with Gasteiger partial charge in [-0.25, -0.2) is 0 Å². The SMILES string of the molecule is CCN(CC)c1ccc(C(=O)NNC(=O)COc2ccc(C)nc2[N+](=O)[O-])cc1. The summed E-state index contributed by atoms with van der Waals surface area (Å²) in [6, 6.07) is 9.88. The van der Waals surface area contributed by atoms with Gasteiger partial charge in [0.05, 0.1) is 0 Å². The van der Waals surface area contributed by atoms with Crippen LogP contribution in [0.5, 0.6) is 5.75 Å². The number of pyridine rings is 1. The van der Waals surface area contributed by atoms with Crippen LogP contribution in [0.1, 0.15) is 29.9 Å². The molecule has 1 aromatic heterocycles. The standard InChI is InChI=1S/C19H23N5O5/c1-4-23(5-2)15-9-7-14(8-10-15)19(26)22-21-17(25)12-29-16-11-6-13(3)20-18(16)24(27)28/h6-11H,4-5,12H2,1-3H3,(H,21,25)(H,22,26). The molecule has 0 spiro atoms. The third-order valence-electron chi connectivity index (χ3n) is 4.08. The van der Waals surface area contributed by atoms with E-state index >= 15 is 0 Å². The summed E-state index contributed by atoms with van der Waals surface area (Å²) in [5.41, 5.74) is 6.31. The fourth-order valence-corrected chi connectivity index (χ4v) is 2.56. The molecule has 0 fully saturated rings. The monoisotopic (exact) mass is 401 g/mol. The average molecular weight is 401 g/mol. The number of hydrogen-bond acceptors (Lipinski definition) is 7. The molecule has 2 N–H and O–H groups in total. The highest BCUT2D eigenvalue weighted by Crippen LogP contribution is 2.24. The molecule has 154 valence electrons. The molecule has 2 aromatic rings. The Kier molecular flexibility index (Phi) is 7.47. The smallest absolute Gasteiger partial charge is 0.406 e. The fourth-order valence-electron chi connectivity index (χ4n) is 2.56. The lowest BCUT2D eigenvalue weighted by Gasteiger charge is -2.21. The maximum atomic E-state index is 12.1. The van der Waals surface area contributed by atoms with Gasteiger partial charge < -0.3 is 19.8 Å². The molecule has 2 rings (SSSR count). The molecule has 0 saturated carbocycles. The Morgan fingerprint density at radius 1 is 1.10 bits per heavy atom. The molecular weight excluding hydrogens is 378 g/mol. The maximum Gasteiger partial charge on any atom is 0.406 e. The van der Waals surface area contributed by atoms with E-state index in [9.17, 15) is 19.7 Å². The molecule has 0 saturated heterocycles. The van der Waals surface area contributed by atoms with Crippen molar-refractivity contribution in [1.82, 2.24) is 15.8 Å². The third-order valence-corrected chi connectivity index (χ3v) is 4.08. The van der Waals surface area contributed by atoms with Crippen molar-refractivity contribution < 1.29 is 19.2 Å². The lowest BCUT2D eigenvalue weighted by atomic mass is 10.2. The van der Waals surface area contributed by atoms with Crippen molar-refractivity contribution >= 4 is 23.3 Å². The van der Waals surface area contributed by atoms with Crippen LogP contribution in [-0.2, 0) is 4.79 Å². The number of carbonyl (C=O) groups excluding carboxylic acids is 2. The number of ether oxygens (including phenoxy) is 1. The van der Waals surface area contributed by atoms with Gasteiger partial charge >= 0.3 is 5.82 Å². The lowest BCUT2D eigenvalue weighted by Crippen LogP contribution is -2.43. The van der Waals surface area contributed by atoms with Crippen molar-refractivity contribution in [2.24, 2.45) is 0 Å². The molecule has 0 aliphatic heterocycles. The molecule has 29 heavy (non-hydrogen) atoms. The number of nitro groups is 1. The minimum Gasteiger partial charge on any atom is -0.476 e. The quantitative estimate of drug-likeness (QED) is 0.511. The first-order valence-corrected chi connectivity index (χ1v) is 9.04. The highest BCUT2D eigenvalue weighted by molar-refractivity contribution is 5.95. The number of nitrogens with one attached hydrogen (secondary N) is 2. The van der Waals surface area contributed by atoms with Crippen molar-refractivity contribution in [1.29, 1.82) is 0 Å². The molecule has 0 aliphatic carbocycles. The van der Waals surface area contributed by atoms with E-state index < -0.39 is 29.2 Å². The minimum atomic E-state index is -0.691. The highest BCUT2D eigenvalue weighted by Gasteiger charge is 2.18. The molecule has 0 aliphatic rings. The largest absolute Gasteiger partial charge is 0.476 e. The summed E-state index contributed by atoms with van der Waals surface area (Å²) in [6.45, 7) is 6.88. The minimum absolute atomic E-state index is 0.130. The normalized spacial score (nSPS) is 10.2. The second-order valence-corrected chi connectivity index (χ2v) is 6.04. The molecule has 0 atom stereocenters. The van der Waals surface area contributed by atoms with Gasteiger partial charge in [0.15, 0.2) is 6.61 Å². The predicted molar refractivity (Wildman–Crippen MR) is 107 cm³/mol. The van der Waals surface area contributed by atoms with Crippen LogP contribution < -0.4 is 20.5 Å². The summed E-state index contributed by atoms with van der Waals surface area (Å²) in [6.07, 6.45) is 0. The topological polar surface area (TPSA) is 127 Å². The first-order valence-electron chi connectivity index (χ1n) is 9.04. The van der Waals surface area contributed by atoms with Crippen molar-refractivity contribution in [2.45, 2.75) is 20.8 Å². The number of anilines is 1. The lowest BCUT2D eigenvalue weighted by molar-refractivity contribution is -0.390. The number of benzene rings is 1. The van der Waals surface area contributed by atoms with E-state index in [4.69, 9.17) is 4.74 Å². The summed E-state index contributed by atoms with van der Waals surface area (Å²) in [5, 5.41) is 11.0. The zero-order chi connectivity index (χ0) is 21.4. The van der Waals surface area contributed by atoms with Crippen LogP contribution in [0, 0.1) is 17.0 Å². The zero-order valence-electron chi connectivity index (χ0n) is 16.5. The van der Waals surface area contributed by atoms with Crippen LogP contribution in [0.15, 0.2) is 36.4 Å². The summed E-state index contributed by atoms with van der Waals surface area (Å²) in [4.78, 5) is 40.2. The van der Waals surface area contributed by atoms with E-state index in [2.05, 4.69) is 20.7 Å². The van der Waals surface area contributed by atoms with Gasteiger partial charge in [-0.15, -0.1) is 0 Å². The average Bonchev–Trinajstić information content (AvgIpc) is 2.72. The Bertz CT molecular complexity index is 881. The van der Waals surface area contributed by atoms with Gasteiger partial charge in [-0.05, 0) is 60.2 Å². The molecular formula is C19H23N5O5. The molecule has 10 nitrogen and oxygen atoms in total. The van der Waals surface area contributed by atoms with Gasteiger partial charge in [0.25, 0.3) is 11.8 Å². The number of aromatic nitrogens is 1. The molecule has 0 radical (unpaired) electrons. The van der Waals surface area contributed by atoms with Crippen molar-refractivity contribution in [3.8, 4) is 5.75 Å². The van der Waals surface area contributed by atoms with Crippen molar-refractivity contribution in [3.05, 3.63) is 57.8 Å². The molecule has 0 unspecified atom stereocenters. The fraction of sp³-hybridized carbons (Fsp3) is 0.316. The van der Waals surface area contributed by atoms with Gasteiger partial charge in [-0.3, -0.25) is 20.4 Å². The third kappa shape index (κ3) is 5.89. The molecule has 1 heterocycles. The summed E-state index contributed by atoms with van der Waals surface area (Å²) >= 11 is 0. The first kappa shape index (κ1) is 21.6. The molecule has 2 amide bonds. The molecule has 1 aromatic carbocycles. The summed E-state index contributed by atoms with van der Waals surface area (Å²) in [7, 11) is 0. The second-order valence-electron chi connectivity index (χ2n) is 6.04. The Labute approximate surface area is 168 Å². The van der Waals surface area contributed by atoms with E-state index in [1.807, 2.05) is 26.0 Å². The van der Waals surface area contributed by atoms with Gasteiger partial charge in [-0.2, -0.15) is 0 Å². The number of hydrazine groups is 1. The number of hydrogen-bond donors (Lipinski definition) is 2. The summed E-state index contributed by atoms with van der Waals surface area (Å²) in [5.74, 6) is -1.77. The number of nitrogens with zero attached hydrogens (tertiary/aromatic N) is 3. The van der Waals surface area contributed by atoms with Crippen LogP contribution in [0.4, 0.5) is 11.5 Å². The summed E-state index contributed by atoms with van der Waals surface area (Å²) < 4.78 is 5.15. The van der Waals surface area contributed by atoms with Crippen LogP contribution >= 0.6 is 0 Å². The first-order chi connectivity index (χ1) is 13.8. The Morgan fingerprint density at radius 2 is 1.76 bits per heavy atom.